The van der Waals surface area contributed by atoms with Crippen LogP contribution in [0.15, 0.2) is 24.3 Å². The van der Waals surface area contributed by atoms with E-state index in [0.717, 1.165) is 36.7 Å². The van der Waals surface area contributed by atoms with Crippen molar-refractivity contribution in [2.75, 3.05) is 6.61 Å². The van der Waals surface area contributed by atoms with Crippen LogP contribution in [0.5, 0.6) is 0 Å². The fourth-order valence-electron chi connectivity index (χ4n) is 3.80. The van der Waals surface area contributed by atoms with E-state index in [4.69, 9.17) is 14.0 Å². The van der Waals surface area contributed by atoms with Gasteiger partial charge in [0, 0.05) is 0 Å². The highest BCUT2D eigenvalue weighted by Crippen LogP contribution is 2.42. The van der Waals surface area contributed by atoms with Gasteiger partial charge in [-0.1, -0.05) is 37.1 Å². The minimum atomic E-state index is -0.482. The lowest BCUT2D eigenvalue weighted by Gasteiger charge is -2.32. The Labute approximate surface area is 151 Å². The van der Waals surface area contributed by atoms with E-state index in [1.54, 1.807) is 0 Å². The van der Waals surface area contributed by atoms with Crippen LogP contribution in [0.1, 0.15) is 65.9 Å². The van der Waals surface area contributed by atoms with Gasteiger partial charge in [-0.15, -0.1) is 0 Å². The fourth-order valence-corrected chi connectivity index (χ4v) is 3.80. The number of hydrogen-bond acceptors (Lipinski definition) is 4. The molecule has 1 saturated carbocycles. The first kappa shape index (κ1) is 18.5. The summed E-state index contributed by atoms with van der Waals surface area (Å²) in [6.07, 6.45) is 3.86. The monoisotopic (exact) mass is 344 g/mol. The van der Waals surface area contributed by atoms with Crippen LogP contribution in [0, 0.1) is 0 Å². The lowest BCUT2D eigenvalue weighted by atomic mass is 9.74. The van der Waals surface area contributed by atoms with Crippen LogP contribution in [0.25, 0.3) is 0 Å². The van der Waals surface area contributed by atoms with E-state index in [1.165, 1.54) is 0 Å². The molecule has 2 aliphatic rings. The molecular formula is C20H29BO4. The van der Waals surface area contributed by atoms with E-state index in [0.29, 0.717) is 6.61 Å². The van der Waals surface area contributed by atoms with Crippen molar-refractivity contribution in [1.29, 1.82) is 0 Å². The van der Waals surface area contributed by atoms with Crippen LogP contribution >= 0.6 is 0 Å². The fraction of sp³-hybridized carbons (Fsp3) is 0.650. The second-order valence-corrected chi connectivity index (χ2v) is 8.22. The molecule has 1 aliphatic carbocycles. The van der Waals surface area contributed by atoms with Crippen molar-refractivity contribution in [2.45, 2.75) is 76.9 Å². The second kappa shape index (κ2) is 6.44. The predicted octanol–water partition coefficient (Wildman–Crippen LogP) is 3.36. The van der Waals surface area contributed by atoms with Crippen molar-refractivity contribution >= 4 is 18.6 Å². The van der Waals surface area contributed by atoms with Gasteiger partial charge in [-0.3, -0.25) is 4.79 Å². The van der Waals surface area contributed by atoms with Crippen molar-refractivity contribution in [3.8, 4) is 0 Å². The zero-order chi connectivity index (χ0) is 18.3. The van der Waals surface area contributed by atoms with E-state index in [9.17, 15) is 4.79 Å². The molecule has 5 heteroatoms. The summed E-state index contributed by atoms with van der Waals surface area (Å²) in [6.45, 7) is 10.5. The van der Waals surface area contributed by atoms with Crippen LogP contribution in [0.2, 0.25) is 0 Å². The molecule has 25 heavy (non-hydrogen) atoms. The smallest absolute Gasteiger partial charge is 0.465 e. The Balaban J connectivity index is 1.84. The van der Waals surface area contributed by atoms with Crippen LogP contribution in [-0.4, -0.2) is 30.9 Å². The summed E-state index contributed by atoms with van der Waals surface area (Å²) >= 11 is 0. The third-order valence-corrected chi connectivity index (χ3v) is 6.11. The molecule has 0 amide bonds. The minimum Gasteiger partial charge on any atom is -0.465 e. The van der Waals surface area contributed by atoms with Crippen molar-refractivity contribution in [1.82, 2.24) is 0 Å². The molecule has 0 bridgehead atoms. The maximum absolute atomic E-state index is 12.6. The average molecular weight is 344 g/mol. The standard InChI is InChI=1S/C20H29BO4/c1-6-23-17(22)20(13-7-8-14-20)15-9-11-16(12-10-15)21-24-18(2,3)19(4,5)25-21/h9-12H,6-8,13-14H2,1-5H3. The predicted molar refractivity (Wildman–Crippen MR) is 98.9 cm³/mol. The summed E-state index contributed by atoms with van der Waals surface area (Å²) in [5.41, 5.74) is 0.843. The summed E-state index contributed by atoms with van der Waals surface area (Å²) in [7, 11) is -0.374. The first-order chi connectivity index (χ1) is 11.7. The number of benzene rings is 1. The van der Waals surface area contributed by atoms with Gasteiger partial charge >= 0.3 is 13.1 Å². The largest absolute Gasteiger partial charge is 0.494 e. The molecule has 0 atom stereocenters. The second-order valence-electron chi connectivity index (χ2n) is 8.22. The molecule has 1 aromatic carbocycles. The number of carbonyl (C=O) groups excluding carboxylic acids is 1. The molecule has 1 aliphatic heterocycles. The topological polar surface area (TPSA) is 44.8 Å². The van der Waals surface area contributed by atoms with E-state index in [1.807, 2.05) is 31.2 Å². The Bertz CT molecular complexity index is 614. The van der Waals surface area contributed by atoms with Gasteiger partial charge < -0.3 is 14.0 Å². The summed E-state index contributed by atoms with van der Waals surface area (Å²) < 4.78 is 17.6. The van der Waals surface area contributed by atoms with Gasteiger partial charge in [0.2, 0.25) is 0 Å². The molecule has 0 radical (unpaired) electrons. The highest BCUT2D eigenvalue weighted by molar-refractivity contribution is 6.62. The van der Waals surface area contributed by atoms with E-state index < -0.39 is 5.41 Å². The number of rotatable bonds is 4. The molecule has 1 aromatic rings. The van der Waals surface area contributed by atoms with Crippen molar-refractivity contribution in [3.63, 3.8) is 0 Å². The van der Waals surface area contributed by atoms with E-state index >= 15 is 0 Å². The highest BCUT2D eigenvalue weighted by Gasteiger charge is 2.52. The molecule has 0 spiro atoms. The zero-order valence-electron chi connectivity index (χ0n) is 16.1. The van der Waals surface area contributed by atoms with Crippen LogP contribution in [0.3, 0.4) is 0 Å². The third-order valence-electron chi connectivity index (χ3n) is 6.11. The van der Waals surface area contributed by atoms with Gasteiger partial charge in [-0.05, 0) is 58.5 Å². The van der Waals surface area contributed by atoms with Crippen molar-refractivity contribution in [3.05, 3.63) is 29.8 Å². The Morgan fingerprint density at radius 2 is 1.56 bits per heavy atom. The Hall–Kier alpha value is -1.33. The van der Waals surface area contributed by atoms with E-state index in [2.05, 4.69) is 27.7 Å². The molecule has 3 rings (SSSR count). The van der Waals surface area contributed by atoms with Gasteiger partial charge in [-0.25, -0.2) is 0 Å². The Morgan fingerprint density at radius 3 is 2.04 bits per heavy atom. The molecule has 1 saturated heterocycles. The molecule has 4 nitrogen and oxygen atoms in total. The zero-order valence-corrected chi connectivity index (χ0v) is 16.1. The summed E-state index contributed by atoms with van der Waals surface area (Å²) in [5.74, 6) is -0.0871. The van der Waals surface area contributed by atoms with Crippen LogP contribution < -0.4 is 5.46 Å². The maximum Gasteiger partial charge on any atom is 0.494 e. The van der Waals surface area contributed by atoms with Crippen LogP contribution in [-0.2, 0) is 24.3 Å². The molecule has 0 unspecified atom stereocenters. The van der Waals surface area contributed by atoms with Crippen molar-refractivity contribution < 1.29 is 18.8 Å². The molecule has 1 heterocycles. The summed E-state index contributed by atoms with van der Waals surface area (Å²) in [6, 6.07) is 8.14. The quantitative estimate of drug-likeness (QED) is 0.621. The molecule has 0 aromatic heterocycles. The maximum atomic E-state index is 12.6. The van der Waals surface area contributed by atoms with Gasteiger partial charge in [-0.2, -0.15) is 0 Å². The van der Waals surface area contributed by atoms with Crippen molar-refractivity contribution in [2.24, 2.45) is 0 Å². The number of carbonyl (C=O) groups is 1. The average Bonchev–Trinajstić information content (AvgIpc) is 3.12. The SMILES string of the molecule is CCOC(=O)C1(c2ccc(B3OC(C)(C)C(C)(C)O3)cc2)CCCC1. The molecule has 136 valence electrons. The van der Waals surface area contributed by atoms with Gasteiger partial charge in [0.25, 0.3) is 0 Å². The number of hydrogen-bond donors (Lipinski definition) is 0. The van der Waals surface area contributed by atoms with Gasteiger partial charge in [0.1, 0.15) is 0 Å². The highest BCUT2D eigenvalue weighted by atomic mass is 16.7. The minimum absolute atomic E-state index is 0.0871. The van der Waals surface area contributed by atoms with E-state index in [-0.39, 0.29) is 24.3 Å². The normalized spacial score (nSPS) is 23.6. The summed E-state index contributed by atoms with van der Waals surface area (Å²) in [4.78, 5) is 12.6. The molecule has 2 fully saturated rings. The lowest BCUT2D eigenvalue weighted by Crippen LogP contribution is -2.41. The summed E-state index contributed by atoms with van der Waals surface area (Å²) in [5, 5.41) is 0. The van der Waals surface area contributed by atoms with Gasteiger partial charge in [0.05, 0.1) is 23.2 Å². The van der Waals surface area contributed by atoms with Gasteiger partial charge in [0.15, 0.2) is 0 Å². The Morgan fingerprint density at radius 1 is 1.04 bits per heavy atom. The Kier molecular flexibility index (Phi) is 4.76. The third kappa shape index (κ3) is 3.13. The molecule has 0 N–H and O–H groups in total. The lowest BCUT2D eigenvalue weighted by molar-refractivity contribution is -0.150. The molecular weight excluding hydrogens is 315 g/mol. The first-order valence-electron chi connectivity index (χ1n) is 9.35. The first-order valence-corrected chi connectivity index (χ1v) is 9.35. The van der Waals surface area contributed by atoms with Crippen LogP contribution in [0.4, 0.5) is 0 Å². The number of ether oxygens (including phenoxy) is 1. The number of esters is 1.